The van der Waals surface area contributed by atoms with Crippen LogP contribution in [0.5, 0.6) is 5.75 Å². The first-order chi connectivity index (χ1) is 9.99. The summed E-state index contributed by atoms with van der Waals surface area (Å²) in [4.78, 5) is 23.3. The van der Waals surface area contributed by atoms with Gasteiger partial charge in [0.05, 0.1) is 12.3 Å². The van der Waals surface area contributed by atoms with Crippen LogP contribution in [-0.4, -0.2) is 27.8 Å². The van der Waals surface area contributed by atoms with Crippen molar-refractivity contribution in [2.24, 2.45) is 5.92 Å². The third-order valence-electron chi connectivity index (χ3n) is 3.31. The van der Waals surface area contributed by atoms with Gasteiger partial charge < -0.3 is 14.9 Å². The van der Waals surface area contributed by atoms with E-state index in [0.29, 0.717) is 0 Å². The number of rotatable bonds is 5. The van der Waals surface area contributed by atoms with E-state index in [1.165, 1.54) is 0 Å². The van der Waals surface area contributed by atoms with Gasteiger partial charge in [0.1, 0.15) is 11.4 Å². The molecule has 0 amide bonds. The maximum absolute atomic E-state index is 11.9. The Labute approximate surface area is 130 Å². The molecule has 1 atom stereocenters. The molecule has 0 aliphatic carbocycles. The highest BCUT2D eigenvalue weighted by atomic mass is 16.6. The maximum Gasteiger partial charge on any atom is 0.307 e. The van der Waals surface area contributed by atoms with Crippen molar-refractivity contribution in [2.45, 2.75) is 53.1 Å². The van der Waals surface area contributed by atoms with Crippen LogP contribution in [0.15, 0.2) is 12.1 Å². The van der Waals surface area contributed by atoms with E-state index in [4.69, 9.17) is 4.74 Å². The minimum absolute atomic E-state index is 0.151. The Morgan fingerprint density at radius 1 is 1.18 bits per heavy atom. The Hall–Kier alpha value is -2.04. The third kappa shape index (κ3) is 5.39. The molecule has 1 aromatic rings. The highest BCUT2D eigenvalue weighted by Crippen LogP contribution is 2.25. The topological polar surface area (TPSA) is 83.8 Å². The molecule has 122 valence electrons. The number of benzene rings is 1. The Bertz CT molecular complexity index is 546. The lowest BCUT2D eigenvalue weighted by Crippen LogP contribution is -2.28. The molecule has 0 aliphatic rings. The fourth-order valence-electron chi connectivity index (χ4n) is 2.37. The first kappa shape index (κ1) is 18.0. The van der Waals surface area contributed by atoms with Crippen molar-refractivity contribution in [2.75, 3.05) is 0 Å². The zero-order valence-electron chi connectivity index (χ0n) is 13.8. The molecule has 1 aromatic carbocycles. The Morgan fingerprint density at radius 2 is 1.68 bits per heavy atom. The van der Waals surface area contributed by atoms with Crippen molar-refractivity contribution in [1.29, 1.82) is 0 Å². The number of carbonyl (C=O) groups is 2. The lowest BCUT2D eigenvalue weighted by Gasteiger charge is -2.21. The standard InChI is InChI=1S/C17H24O5/c1-10-6-13(18)7-11(2)14(10)8-12(16(20)21)9-15(19)22-17(3,4)5/h6-7,12,18H,8-9H2,1-5H3,(H,20,21)/t12-/m1/s1. The van der Waals surface area contributed by atoms with E-state index in [-0.39, 0.29) is 18.6 Å². The van der Waals surface area contributed by atoms with Gasteiger partial charge in [0.15, 0.2) is 0 Å². The average Bonchev–Trinajstić information content (AvgIpc) is 2.29. The lowest BCUT2D eigenvalue weighted by molar-refractivity contribution is -0.159. The quantitative estimate of drug-likeness (QED) is 0.817. The van der Waals surface area contributed by atoms with Crippen LogP contribution in [0.3, 0.4) is 0 Å². The summed E-state index contributed by atoms with van der Waals surface area (Å²) in [6, 6.07) is 3.18. The third-order valence-corrected chi connectivity index (χ3v) is 3.31. The van der Waals surface area contributed by atoms with E-state index < -0.39 is 23.5 Å². The molecule has 0 radical (unpaired) electrons. The van der Waals surface area contributed by atoms with E-state index in [1.54, 1.807) is 32.9 Å². The summed E-state index contributed by atoms with van der Waals surface area (Å²) in [5.74, 6) is -2.25. The Morgan fingerprint density at radius 3 is 2.09 bits per heavy atom. The van der Waals surface area contributed by atoms with Crippen molar-refractivity contribution in [3.05, 3.63) is 28.8 Å². The molecule has 0 aliphatic heterocycles. The molecular weight excluding hydrogens is 284 g/mol. The molecule has 5 heteroatoms. The second kappa shape index (κ2) is 6.81. The van der Waals surface area contributed by atoms with Crippen molar-refractivity contribution in [1.82, 2.24) is 0 Å². The normalized spacial score (nSPS) is 12.8. The molecule has 0 saturated heterocycles. The second-order valence-electron chi connectivity index (χ2n) is 6.59. The number of phenolic OH excluding ortho intramolecular Hbond substituents is 1. The van der Waals surface area contributed by atoms with Gasteiger partial charge in [-0.3, -0.25) is 9.59 Å². The molecule has 0 unspecified atom stereocenters. The molecule has 0 spiro atoms. The first-order valence-electron chi connectivity index (χ1n) is 7.23. The van der Waals surface area contributed by atoms with Gasteiger partial charge in [-0.2, -0.15) is 0 Å². The molecule has 0 aromatic heterocycles. The predicted octanol–water partition coefficient (Wildman–Crippen LogP) is 2.98. The van der Waals surface area contributed by atoms with Crippen molar-refractivity contribution in [3.63, 3.8) is 0 Å². The van der Waals surface area contributed by atoms with Gasteiger partial charge in [0.25, 0.3) is 0 Å². The number of aliphatic carboxylic acids is 1. The molecule has 1 rings (SSSR count). The van der Waals surface area contributed by atoms with E-state index in [0.717, 1.165) is 16.7 Å². The summed E-state index contributed by atoms with van der Waals surface area (Å²) in [6.45, 7) is 8.86. The first-order valence-corrected chi connectivity index (χ1v) is 7.23. The molecule has 0 bridgehead atoms. The van der Waals surface area contributed by atoms with Crippen LogP contribution in [0, 0.1) is 19.8 Å². The lowest BCUT2D eigenvalue weighted by atomic mass is 9.90. The average molecular weight is 308 g/mol. The van der Waals surface area contributed by atoms with Crippen LogP contribution < -0.4 is 0 Å². The Balaban J connectivity index is 2.90. The van der Waals surface area contributed by atoms with Gasteiger partial charge in [-0.1, -0.05) is 0 Å². The van der Waals surface area contributed by atoms with Crippen LogP contribution >= 0.6 is 0 Å². The molecule has 22 heavy (non-hydrogen) atoms. The molecular formula is C17H24O5. The van der Waals surface area contributed by atoms with Crippen LogP contribution in [-0.2, 0) is 20.7 Å². The van der Waals surface area contributed by atoms with E-state index in [9.17, 15) is 19.8 Å². The zero-order valence-corrected chi connectivity index (χ0v) is 13.8. The number of aromatic hydroxyl groups is 1. The van der Waals surface area contributed by atoms with Crippen LogP contribution in [0.2, 0.25) is 0 Å². The van der Waals surface area contributed by atoms with Crippen molar-refractivity contribution >= 4 is 11.9 Å². The molecule has 0 saturated carbocycles. The predicted molar refractivity (Wildman–Crippen MR) is 82.9 cm³/mol. The number of carboxylic acid groups (broad SMARTS) is 1. The van der Waals surface area contributed by atoms with Gasteiger partial charge >= 0.3 is 11.9 Å². The van der Waals surface area contributed by atoms with Crippen LogP contribution in [0.4, 0.5) is 0 Å². The summed E-state index contributed by atoms with van der Waals surface area (Å²) in [6.07, 6.45) is 0.0544. The van der Waals surface area contributed by atoms with Gasteiger partial charge in [-0.15, -0.1) is 0 Å². The largest absolute Gasteiger partial charge is 0.508 e. The van der Waals surface area contributed by atoms with Crippen LogP contribution in [0.1, 0.15) is 43.9 Å². The number of ether oxygens (including phenoxy) is 1. The highest BCUT2D eigenvalue weighted by Gasteiger charge is 2.26. The summed E-state index contributed by atoms with van der Waals surface area (Å²) in [5, 5.41) is 18.9. The van der Waals surface area contributed by atoms with Crippen LogP contribution in [0.25, 0.3) is 0 Å². The number of aryl methyl sites for hydroxylation is 2. The fourth-order valence-corrected chi connectivity index (χ4v) is 2.37. The summed E-state index contributed by atoms with van der Waals surface area (Å²) in [5.41, 5.74) is 1.83. The SMILES string of the molecule is Cc1cc(O)cc(C)c1C[C@H](CC(=O)OC(C)(C)C)C(=O)O. The molecule has 5 nitrogen and oxygen atoms in total. The minimum atomic E-state index is -1.03. The number of hydrogen-bond donors (Lipinski definition) is 2. The summed E-state index contributed by atoms with van der Waals surface area (Å²) >= 11 is 0. The van der Waals surface area contributed by atoms with E-state index in [2.05, 4.69) is 0 Å². The summed E-state index contributed by atoms with van der Waals surface area (Å²) < 4.78 is 5.19. The van der Waals surface area contributed by atoms with Gasteiger partial charge in [0.2, 0.25) is 0 Å². The smallest absolute Gasteiger partial charge is 0.307 e. The van der Waals surface area contributed by atoms with Crippen molar-refractivity contribution < 1.29 is 24.5 Å². The fraction of sp³-hybridized carbons (Fsp3) is 0.529. The number of phenols is 1. The zero-order chi connectivity index (χ0) is 17.1. The second-order valence-corrected chi connectivity index (χ2v) is 6.59. The maximum atomic E-state index is 11.9. The number of carbonyl (C=O) groups excluding carboxylic acids is 1. The summed E-state index contributed by atoms with van der Waals surface area (Å²) in [7, 11) is 0. The Kier molecular flexibility index (Phi) is 5.58. The number of esters is 1. The van der Waals surface area contributed by atoms with Gasteiger partial charge in [-0.25, -0.2) is 0 Å². The monoisotopic (exact) mass is 308 g/mol. The number of hydrogen-bond acceptors (Lipinski definition) is 4. The van der Waals surface area contributed by atoms with Gasteiger partial charge in [0, 0.05) is 0 Å². The highest BCUT2D eigenvalue weighted by molar-refractivity contribution is 5.79. The molecule has 0 heterocycles. The van der Waals surface area contributed by atoms with E-state index >= 15 is 0 Å². The number of carboxylic acids is 1. The van der Waals surface area contributed by atoms with Crippen molar-refractivity contribution in [3.8, 4) is 5.75 Å². The van der Waals surface area contributed by atoms with E-state index in [1.807, 2.05) is 13.8 Å². The minimum Gasteiger partial charge on any atom is -0.508 e. The van der Waals surface area contributed by atoms with Gasteiger partial charge in [-0.05, 0) is 69.9 Å². The molecule has 2 N–H and O–H groups in total. The molecule has 0 fully saturated rings.